The molecule has 0 spiro atoms. The average molecular weight is 213 g/mol. The van der Waals surface area contributed by atoms with Crippen molar-refractivity contribution in [2.45, 2.75) is 5.16 Å². The highest BCUT2D eigenvalue weighted by Crippen LogP contribution is 2.15. The molecule has 0 aliphatic carbocycles. The van der Waals surface area contributed by atoms with E-state index in [0.29, 0.717) is 11.0 Å². The van der Waals surface area contributed by atoms with Gasteiger partial charge in [-0.1, -0.05) is 11.8 Å². The van der Waals surface area contributed by atoms with E-state index in [-0.39, 0.29) is 5.69 Å². The lowest BCUT2D eigenvalue weighted by atomic mass is 10.4. The molecule has 1 rings (SSSR count). The molecule has 6 heteroatoms. The van der Waals surface area contributed by atoms with Crippen LogP contribution in [0.5, 0.6) is 0 Å². The molecule has 0 unspecified atom stereocenters. The number of carbonyl (C=O) groups is 1. The van der Waals surface area contributed by atoms with Crippen molar-refractivity contribution in [1.82, 2.24) is 9.97 Å². The predicted octanol–water partition coefficient (Wildman–Crippen LogP) is 0.963. The highest BCUT2D eigenvalue weighted by molar-refractivity contribution is 7.98. The Balaban J connectivity index is 3.20. The van der Waals surface area contributed by atoms with E-state index in [9.17, 15) is 4.79 Å². The fourth-order valence-electron chi connectivity index (χ4n) is 0.843. The summed E-state index contributed by atoms with van der Waals surface area (Å²) in [5.41, 5.74) is 0.0213. The molecule has 5 nitrogen and oxygen atoms in total. The summed E-state index contributed by atoms with van der Waals surface area (Å²) in [4.78, 5) is 20.5. The number of nitrogens with zero attached hydrogens (tertiary/aromatic N) is 3. The zero-order chi connectivity index (χ0) is 10.7. The third-order valence-corrected chi connectivity index (χ3v) is 2.10. The molecule has 1 aromatic heterocycles. The lowest BCUT2D eigenvalue weighted by molar-refractivity contribution is 0.0689. The topological polar surface area (TPSA) is 66.3 Å². The molecule has 0 radical (unpaired) electrons. The molecule has 0 atom stereocenters. The maximum Gasteiger partial charge on any atom is 0.354 e. The first-order valence-electron chi connectivity index (χ1n) is 3.88. The standard InChI is InChI=1S/C8H11N3O2S/c1-11(2)6-4-5(7(12)13)9-8(10-6)14-3/h4H,1-3H3,(H,12,13). The van der Waals surface area contributed by atoms with Gasteiger partial charge in [-0.3, -0.25) is 0 Å². The molecular weight excluding hydrogens is 202 g/mol. The molecule has 0 amide bonds. The first kappa shape index (κ1) is 10.8. The Morgan fingerprint density at radius 3 is 2.57 bits per heavy atom. The summed E-state index contributed by atoms with van der Waals surface area (Å²) in [5.74, 6) is -0.437. The van der Waals surface area contributed by atoms with Gasteiger partial charge in [0.05, 0.1) is 0 Å². The molecule has 0 bridgehead atoms. The second-order valence-electron chi connectivity index (χ2n) is 2.80. The zero-order valence-electron chi connectivity index (χ0n) is 8.18. The van der Waals surface area contributed by atoms with Crippen molar-refractivity contribution in [3.63, 3.8) is 0 Å². The van der Waals surface area contributed by atoms with Crippen LogP contribution in [-0.2, 0) is 0 Å². The lowest BCUT2D eigenvalue weighted by Gasteiger charge is -2.11. The summed E-state index contributed by atoms with van der Waals surface area (Å²) in [5, 5.41) is 9.26. The molecule has 0 aliphatic heterocycles. The third-order valence-electron chi connectivity index (χ3n) is 1.55. The molecule has 0 aliphatic rings. The number of carboxylic acid groups (broad SMARTS) is 1. The fourth-order valence-corrected chi connectivity index (χ4v) is 1.22. The van der Waals surface area contributed by atoms with Crippen LogP contribution in [0.1, 0.15) is 10.5 Å². The van der Waals surface area contributed by atoms with E-state index in [1.807, 2.05) is 0 Å². The summed E-state index contributed by atoms with van der Waals surface area (Å²) in [6.07, 6.45) is 1.81. The van der Waals surface area contributed by atoms with Crippen molar-refractivity contribution in [3.8, 4) is 0 Å². The fraction of sp³-hybridized carbons (Fsp3) is 0.375. The van der Waals surface area contributed by atoms with Gasteiger partial charge in [0.1, 0.15) is 5.82 Å². The SMILES string of the molecule is CSc1nc(C(=O)O)cc(N(C)C)n1. The van der Waals surface area contributed by atoms with Crippen LogP contribution in [0.15, 0.2) is 11.2 Å². The highest BCUT2D eigenvalue weighted by atomic mass is 32.2. The minimum Gasteiger partial charge on any atom is -0.477 e. The molecule has 1 heterocycles. The van der Waals surface area contributed by atoms with Gasteiger partial charge in [0, 0.05) is 20.2 Å². The molecule has 76 valence electrons. The minimum absolute atomic E-state index is 0.0213. The maximum absolute atomic E-state index is 10.7. The van der Waals surface area contributed by atoms with Crippen molar-refractivity contribution in [2.24, 2.45) is 0 Å². The molecule has 0 saturated carbocycles. The second-order valence-corrected chi connectivity index (χ2v) is 3.57. The van der Waals surface area contributed by atoms with Crippen LogP contribution in [0.4, 0.5) is 5.82 Å². The van der Waals surface area contributed by atoms with Gasteiger partial charge < -0.3 is 10.0 Å². The Morgan fingerprint density at radius 1 is 1.50 bits per heavy atom. The second kappa shape index (κ2) is 4.28. The predicted molar refractivity (Wildman–Crippen MR) is 55.1 cm³/mol. The van der Waals surface area contributed by atoms with Gasteiger partial charge in [-0.15, -0.1) is 0 Å². The monoisotopic (exact) mass is 213 g/mol. The summed E-state index contributed by atoms with van der Waals surface area (Å²) >= 11 is 1.32. The van der Waals surface area contributed by atoms with Crippen molar-refractivity contribution in [1.29, 1.82) is 0 Å². The summed E-state index contributed by atoms with van der Waals surface area (Å²) < 4.78 is 0. The molecule has 0 aromatic carbocycles. The smallest absolute Gasteiger partial charge is 0.354 e. The number of rotatable bonds is 3. The van der Waals surface area contributed by atoms with Crippen molar-refractivity contribution < 1.29 is 9.90 Å². The van der Waals surface area contributed by atoms with Crippen molar-refractivity contribution in [3.05, 3.63) is 11.8 Å². The molecule has 0 saturated heterocycles. The van der Waals surface area contributed by atoms with E-state index in [4.69, 9.17) is 5.11 Å². The van der Waals surface area contributed by atoms with Gasteiger partial charge in [-0.25, -0.2) is 14.8 Å². The van der Waals surface area contributed by atoms with Crippen molar-refractivity contribution >= 4 is 23.5 Å². The van der Waals surface area contributed by atoms with Crippen LogP contribution in [0.3, 0.4) is 0 Å². The van der Waals surface area contributed by atoms with E-state index in [1.165, 1.54) is 17.8 Å². The summed E-state index contributed by atoms with van der Waals surface area (Å²) in [7, 11) is 3.61. The van der Waals surface area contributed by atoms with Gasteiger partial charge in [0.15, 0.2) is 10.9 Å². The van der Waals surface area contributed by atoms with Crippen LogP contribution in [-0.4, -0.2) is 41.4 Å². The summed E-state index contributed by atoms with van der Waals surface area (Å²) in [6.45, 7) is 0. The number of thioether (sulfide) groups is 1. The van der Waals surface area contributed by atoms with Crippen LogP contribution in [0.2, 0.25) is 0 Å². The minimum atomic E-state index is -1.04. The van der Waals surface area contributed by atoms with Gasteiger partial charge in [-0.2, -0.15) is 0 Å². The van der Waals surface area contributed by atoms with E-state index in [1.54, 1.807) is 25.3 Å². The van der Waals surface area contributed by atoms with Crippen LogP contribution in [0.25, 0.3) is 0 Å². The van der Waals surface area contributed by atoms with Crippen LogP contribution < -0.4 is 4.90 Å². The number of hydrogen-bond donors (Lipinski definition) is 1. The van der Waals surface area contributed by atoms with Gasteiger partial charge >= 0.3 is 5.97 Å². The largest absolute Gasteiger partial charge is 0.477 e. The van der Waals surface area contributed by atoms with E-state index in [2.05, 4.69) is 9.97 Å². The van der Waals surface area contributed by atoms with E-state index < -0.39 is 5.97 Å². The Labute approximate surface area is 86.2 Å². The number of aromatic carboxylic acids is 1. The van der Waals surface area contributed by atoms with Gasteiger partial charge in [-0.05, 0) is 6.26 Å². The number of anilines is 1. The maximum atomic E-state index is 10.7. The van der Waals surface area contributed by atoms with Gasteiger partial charge in [0.25, 0.3) is 0 Å². The van der Waals surface area contributed by atoms with Gasteiger partial charge in [0.2, 0.25) is 0 Å². The Kier molecular flexibility index (Phi) is 3.29. The highest BCUT2D eigenvalue weighted by Gasteiger charge is 2.10. The zero-order valence-corrected chi connectivity index (χ0v) is 9.00. The Bertz CT molecular complexity index is 354. The molecule has 1 aromatic rings. The van der Waals surface area contributed by atoms with E-state index >= 15 is 0 Å². The number of carboxylic acids is 1. The first-order valence-corrected chi connectivity index (χ1v) is 5.10. The van der Waals surface area contributed by atoms with Crippen molar-refractivity contribution in [2.75, 3.05) is 25.3 Å². The normalized spacial score (nSPS) is 9.93. The first-order chi connectivity index (χ1) is 6.54. The summed E-state index contributed by atoms with van der Waals surface area (Å²) in [6, 6.07) is 1.45. The van der Waals surface area contributed by atoms with E-state index in [0.717, 1.165) is 0 Å². The lowest BCUT2D eigenvalue weighted by Crippen LogP contribution is -2.13. The quantitative estimate of drug-likeness (QED) is 0.596. The van der Waals surface area contributed by atoms with Crippen LogP contribution in [0, 0.1) is 0 Å². The molecular formula is C8H11N3O2S. The number of aromatic nitrogens is 2. The third kappa shape index (κ3) is 2.35. The Morgan fingerprint density at radius 2 is 2.14 bits per heavy atom. The van der Waals surface area contributed by atoms with Crippen LogP contribution >= 0.6 is 11.8 Å². The average Bonchev–Trinajstić information content (AvgIpc) is 2.16. The molecule has 1 N–H and O–H groups in total. The molecule has 14 heavy (non-hydrogen) atoms. The number of hydrogen-bond acceptors (Lipinski definition) is 5. The molecule has 0 fully saturated rings. The Hall–Kier alpha value is -1.30.